The standard InChI is InChI=1S/C79H116N18O17/c1-5-7-8-9-10-11-12-13-14-29-65(101)89-62(40-64(83)100)75(109)93-59(37-48-30-32-51(99)33-31-48)73(107)95-60(38-49-41-84-54-24-17-15-22-52(49)54)74(108)92-58(28-21-36-82)72(106)91-56(26-19-34-80)70(104)86-43-66(102)88-57(27-20-35-81)71(105)94-61(39-50-42-85-55-25-18-16-23-53(50)55)76(110)97-69-47(4)114-79(113)63(45-98)90-67(103)44-87-77(111)68(46(3)6-2)96-78(69)112/h15-18,22-25,30-33,41-42,46-47,56-63,68-69,84-85,98-99H,5-14,19-21,26-29,34-40,43-45,80-82H2,1-4H3,(H2,83,100)(H,86,104)(H,87,111)(H,88,102)(H,89,101)(H,90,103)(H,91,106)(H,92,108)(H,93,109)(H,94,105)(H,95,107)(H,96,112)(H,97,110)/t46-,47+,56-,57+,58+,59+,60+,61-,62+,63-,68-,69-/m0/s1. The van der Waals surface area contributed by atoms with E-state index in [1.807, 2.05) is 0 Å². The van der Waals surface area contributed by atoms with Gasteiger partial charge in [0.25, 0.3) is 0 Å². The number of carbonyl (C=O) groups excluding carboxylic acids is 14. The molecule has 3 aromatic carbocycles. The quantitative estimate of drug-likeness (QED) is 0.0172. The van der Waals surface area contributed by atoms with Crippen molar-refractivity contribution < 1.29 is 82.1 Å². The maximum atomic E-state index is 15.0. The van der Waals surface area contributed by atoms with Crippen LogP contribution in [-0.2, 0) is 91.1 Å². The molecule has 0 radical (unpaired) electrons. The first-order chi connectivity index (χ1) is 54.7. The SMILES string of the molecule is CCCCCCCCCCCC(=O)N[C@H](CC(N)=O)C(=O)N[C@H](Cc1ccc(O)cc1)C(=O)N[C@H](Cc1c[nH]c2ccccc12)C(=O)N[C@H](CCCN)C(=O)N[C@@H](CCCN)C(=O)NCC(=O)N[C@H](CCCN)C(=O)N[C@@H](Cc1c[nH]c2ccccc12)C(=O)N[C@@H]1C(=O)N[C@@H]([C@@H](C)CC)C(=O)NCC(=O)N[C@@H](CO)C(=O)O[C@@H]1C. The third-order valence-electron chi connectivity index (χ3n) is 19.8. The Morgan fingerprint density at radius 2 is 1.00 bits per heavy atom. The Hall–Kier alpha value is -11.0. The second-order valence-corrected chi connectivity index (χ2v) is 28.8. The zero-order valence-electron chi connectivity index (χ0n) is 65.4. The second-order valence-electron chi connectivity index (χ2n) is 28.8. The molecule has 2 aromatic heterocycles. The Morgan fingerprint density at radius 3 is 1.52 bits per heavy atom. The van der Waals surface area contributed by atoms with Crippen LogP contribution in [0, 0.1) is 5.92 Å². The largest absolute Gasteiger partial charge is 0.508 e. The van der Waals surface area contributed by atoms with Crippen molar-refractivity contribution in [1.82, 2.24) is 73.8 Å². The summed E-state index contributed by atoms with van der Waals surface area (Å²) in [5.41, 5.74) is 26.3. The number of rotatable bonds is 47. The number of aromatic nitrogens is 2. The fraction of sp³-hybridized carbons (Fsp3) is 0.544. The molecule has 0 aliphatic carbocycles. The van der Waals surface area contributed by atoms with E-state index in [9.17, 15) is 72.5 Å². The Bertz CT molecular complexity index is 4040. The molecule has 24 N–H and O–H groups in total. The predicted molar refractivity (Wildman–Crippen MR) is 424 cm³/mol. The van der Waals surface area contributed by atoms with Gasteiger partial charge in [-0.3, -0.25) is 62.3 Å². The highest BCUT2D eigenvalue weighted by atomic mass is 16.5. The molecule has 0 saturated carbocycles. The summed E-state index contributed by atoms with van der Waals surface area (Å²) in [6, 6.07) is 4.83. The summed E-state index contributed by atoms with van der Waals surface area (Å²) >= 11 is 0. The molecule has 114 heavy (non-hydrogen) atoms. The first kappa shape index (κ1) is 91.8. The van der Waals surface area contributed by atoms with Crippen molar-refractivity contribution in [2.75, 3.05) is 39.3 Å². The number of phenols is 1. The van der Waals surface area contributed by atoms with E-state index in [2.05, 4.69) is 80.7 Å². The molecule has 0 bridgehead atoms. The number of unbranched alkanes of at least 4 members (excludes halogenated alkanes) is 8. The number of nitrogens with one attached hydrogen (secondary N) is 14. The van der Waals surface area contributed by atoms with Gasteiger partial charge in [0.1, 0.15) is 66.2 Å². The number of phenolic OH excluding ortho intramolecular Hbond substituents is 1. The van der Waals surface area contributed by atoms with E-state index in [0.717, 1.165) is 38.5 Å². The van der Waals surface area contributed by atoms with Crippen LogP contribution >= 0.6 is 0 Å². The number of carbonyl (C=O) groups is 14. The van der Waals surface area contributed by atoms with Gasteiger partial charge in [0, 0.05) is 59.9 Å². The number of hydrogen-bond acceptors (Lipinski definition) is 20. The Balaban J connectivity index is 1.21. The van der Waals surface area contributed by atoms with Gasteiger partial charge >= 0.3 is 5.97 Å². The molecule has 35 heteroatoms. The number of aliphatic hydroxyl groups excluding tert-OH is 1. The number of H-pyrrole nitrogens is 2. The van der Waals surface area contributed by atoms with Gasteiger partial charge in [-0.2, -0.15) is 0 Å². The van der Waals surface area contributed by atoms with Crippen LogP contribution in [0.2, 0.25) is 0 Å². The zero-order chi connectivity index (χ0) is 83.2. The van der Waals surface area contributed by atoms with Gasteiger partial charge in [-0.1, -0.05) is 127 Å². The predicted octanol–water partition coefficient (Wildman–Crippen LogP) is -0.540. The molecular weight excluding hydrogens is 1470 g/mol. The first-order valence-corrected chi connectivity index (χ1v) is 39.3. The summed E-state index contributed by atoms with van der Waals surface area (Å²) in [7, 11) is 0. The molecule has 6 rings (SSSR count). The van der Waals surface area contributed by atoms with Crippen molar-refractivity contribution >= 4 is 105 Å². The fourth-order valence-corrected chi connectivity index (χ4v) is 13.1. The normalized spacial score (nSPS) is 17.4. The first-order valence-electron chi connectivity index (χ1n) is 39.3. The van der Waals surface area contributed by atoms with Crippen molar-refractivity contribution in [3.63, 3.8) is 0 Å². The third kappa shape index (κ3) is 29.8. The van der Waals surface area contributed by atoms with Gasteiger partial charge in [-0.05, 0) is 118 Å². The number of cyclic esters (lactones) is 1. The molecule has 1 saturated heterocycles. The maximum Gasteiger partial charge on any atom is 0.331 e. The van der Waals surface area contributed by atoms with E-state index in [-0.39, 0.29) is 89.6 Å². The molecule has 5 aromatic rings. The van der Waals surface area contributed by atoms with Gasteiger partial charge in [-0.25, -0.2) is 4.79 Å². The van der Waals surface area contributed by atoms with Gasteiger partial charge in [-0.15, -0.1) is 0 Å². The minimum Gasteiger partial charge on any atom is -0.508 e. The number of para-hydroxylation sites is 2. The number of aliphatic hydroxyl groups is 1. The molecule has 1 aliphatic heterocycles. The van der Waals surface area contributed by atoms with Crippen molar-refractivity contribution in [3.8, 4) is 5.75 Å². The molecular formula is C79H116N18O17. The van der Waals surface area contributed by atoms with E-state index < -0.39 is 181 Å². The highest BCUT2D eigenvalue weighted by Gasteiger charge is 2.40. The minimum atomic E-state index is -1.79. The number of primary amides is 1. The molecule has 0 spiro atoms. The number of aromatic hydroxyl groups is 1. The highest BCUT2D eigenvalue weighted by molar-refractivity contribution is 6.01. The van der Waals surface area contributed by atoms with Crippen molar-refractivity contribution in [3.05, 3.63) is 102 Å². The molecule has 12 atom stereocenters. The van der Waals surface area contributed by atoms with E-state index >= 15 is 4.79 Å². The lowest BCUT2D eigenvalue weighted by atomic mass is 9.97. The summed E-state index contributed by atoms with van der Waals surface area (Å²) in [6.07, 6.45) is 9.89. The van der Waals surface area contributed by atoms with Gasteiger partial charge in [0.2, 0.25) is 76.8 Å². The molecule has 35 nitrogen and oxygen atoms in total. The molecule has 1 aliphatic rings. The Labute approximate surface area is 662 Å². The van der Waals surface area contributed by atoms with Gasteiger partial charge in [0.05, 0.1) is 26.1 Å². The number of hydrogen-bond donors (Lipinski definition) is 20. The van der Waals surface area contributed by atoms with Gasteiger partial charge < -0.3 is 112 Å². The number of amides is 13. The zero-order valence-corrected chi connectivity index (χ0v) is 65.4. The Morgan fingerprint density at radius 1 is 0.535 bits per heavy atom. The lowest BCUT2D eigenvalue weighted by Gasteiger charge is -2.30. The molecule has 624 valence electrons. The number of aromatic amines is 2. The van der Waals surface area contributed by atoms with Crippen LogP contribution in [-0.4, -0.2) is 209 Å². The smallest absolute Gasteiger partial charge is 0.331 e. The lowest BCUT2D eigenvalue weighted by Crippen LogP contribution is -2.62. The maximum absolute atomic E-state index is 15.0. The summed E-state index contributed by atoms with van der Waals surface area (Å²) in [6.45, 7) is 4.57. The van der Waals surface area contributed by atoms with Crippen molar-refractivity contribution in [2.45, 2.75) is 229 Å². The number of benzene rings is 3. The highest BCUT2D eigenvalue weighted by Crippen LogP contribution is 2.23. The number of ether oxygens (including phenoxy) is 1. The number of fused-ring (bicyclic) bond motifs is 2. The number of nitrogens with two attached hydrogens (primary N) is 4. The summed E-state index contributed by atoms with van der Waals surface area (Å²) in [5, 5.41) is 52.7. The van der Waals surface area contributed by atoms with E-state index in [0.29, 0.717) is 51.3 Å². The van der Waals surface area contributed by atoms with Crippen LogP contribution in [0.1, 0.15) is 160 Å². The van der Waals surface area contributed by atoms with Crippen LogP contribution in [0.15, 0.2) is 85.2 Å². The van der Waals surface area contributed by atoms with E-state index in [1.54, 1.807) is 74.8 Å². The Kier molecular flexibility index (Phi) is 38.8. The van der Waals surface area contributed by atoms with E-state index in [4.69, 9.17) is 27.7 Å². The summed E-state index contributed by atoms with van der Waals surface area (Å²) < 4.78 is 5.57. The monoisotopic (exact) mass is 1590 g/mol. The second kappa shape index (κ2) is 48.1. The molecule has 0 unspecified atom stereocenters. The lowest BCUT2D eigenvalue weighted by molar-refractivity contribution is -0.157. The van der Waals surface area contributed by atoms with Crippen LogP contribution in [0.3, 0.4) is 0 Å². The fourth-order valence-electron chi connectivity index (χ4n) is 13.1. The van der Waals surface area contributed by atoms with Gasteiger partial charge in [0.15, 0.2) is 6.04 Å². The third-order valence-corrected chi connectivity index (χ3v) is 19.8. The molecule has 13 amide bonds. The summed E-state index contributed by atoms with van der Waals surface area (Å²) in [4.78, 5) is 203. The van der Waals surface area contributed by atoms with Crippen LogP contribution in [0.25, 0.3) is 21.8 Å². The summed E-state index contributed by atoms with van der Waals surface area (Å²) in [5.74, 6) is -13.3. The minimum absolute atomic E-state index is 0.0278. The van der Waals surface area contributed by atoms with Crippen LogP contribution < -0.4 is 86.7 Å². The molecule has 1 fully saturated rings. The van der Waals surface area contributed by atoms with Crippen LogP contribution in [0.5, 0.6) is 5.75 Å². The topological polar surface area (TPSA) is 569 Å². The average molecular weight is 1590 g/mol. The molecule has 3 heterocycles. The van der Waals surface area contributed by atoms with Crippen molar-refractivity contribution in [1.29, 1.82) is 0 Å². The average Bonchev–Trinajstić information content (AvgIpc) is 1.59. The van der Waals surface area contributed by atoms with E-state index in [1.165, 1.54) is 44.0 Å². The van der Waals surface area contributed by atoms with Crippen molar-refractivity contribution in [2.24, 2.45) is 28.9 Å². The van der Waals surface area contributed by atoms with Crippen LogP contribution in [0.4, 0.5) is 0 Å². The number of esters is 1.